The number of anilines is 1. The fourth-order valence-corrected chi connectivity index (χ4v) is 4.59. The van der Waals surface area contributed by atoms with Gasteiger partial charge in [0, 0.05) is 33.6 Å². The lowest BCUT2D eigenvalue weighted by Gasteiger charge is -2.07. The zero-order valence-electron chi connectivity index (χ0n) is 13.7. The summed E-state index contributed by atoms with van der Waals surface area (Å²) in [4.78, 5) is 5.68. The van der Waals surface area contributed by atoms with E-state index in [-0.39, 0.29) is 0 Å². The molecule has 0 fully saturated rings. The molecule has 0 saturated heterocycles. The summed E-state index contributed by atoms with van der Waals surface area (Å²) in [5.41, 5.74) is 9.43. The first-order valence-corrected chi connectivity index (χ1v) is 9.39. The minimum Gasteiger partial charge on any atom is -0.384 e. The lowest BCUT2D eigenvalue weighted by atomic mass is 9.98. The third-order valence-electron chi connectivity index (χ3n) is 4.01. The summed E-state index contributed by atoms with van der Waals surface area (Å²) in [5, 5.41) is 18.0. The Morgan fingerprint density at radius 3 is 2.59 bits per heavy atom. The molecule has 27 heavy (non-hydrogen) atoms. The number of aromatic nitrogens is 3. The highest BCUT2D eigenvalue weighted by atomic mass is 35.5. The first kappa shape index (κ1) is 17.6. The number of nitrogen functional groups attached to an aromatic ring is 1. The molecule has 132 valence electrons. The van der Waals surface area contributed by atoms with Crippen LogP contribution in [0.3, 0.4) is 0 Å². The van der Waals surface area contributed by atoms with Crippen LogP contribution in [-0.4, -0.2) is 15.2 Å². The van der Waals surface area contributed by atoms with E-state index in [9.17, 15) is 5.26 Å². The van der Waals surface area contributed by atoms with Crippen molar-refractivity contribution in [1.82, 2.24) is 15.2 Å². The fraction of sp³-hybridized carbons (Fsp3) is 0. The quantitative estimate of drug-likeness (QED) is 0.456. The van der Waals surface area contributed by atoms with Gasteiger partial charge in [-0.2, -0.15) is 10.4 Å². The standard InChI is InChI=1S/C19H11Cl2N5S/c20-11-1-2-12(14(21)8-11)17-13(9-22)18(10-3-5-24-16(23)7-10)27-19(17)15-4-6-25-26-15/h1-8H,(H2,23,24)(H,25,26). The van der Waals surface area contributed by atoms with Crippen molar-refractivity contribution < 1.29 is 0 Å². The maximum atomic E-state index is 9.96. The lowest BCUT2D eigenvalue weighted by Crippen LogP contribution is -1.90. The van der Waals surface area contributed by atoms with Gasteiger partial charge in [0.25, 0.3) is 0 Å². The number of thiophene rings is 1. The van der Waals surface area contributed by atoms with Crippen LogP contribution in [0.4, 0.5) is 5.82 Å². The van der Waals surface area contributed by atoms with Crippen LogP contribution in [0.5, 0.6) is 0 Å². The highest BCUT2D eigenvalue weighted by Crippen LogP contribution is 2.48. The number of aromatic amines is 1. The van der Waals surface area contributed by atoms with E-state index in [1.807, 2.05) is 18.2 Å². The van der Waals surface area contributed by atoms with Gasteiger partial charge >= 0.3 is 0 Å². The van der Waals surface area contributed by atoms with E-state index in [1.54, 1.807) is 30.6 Å². The number of halogens is 2. The van der Waals surface area contributed by atoms with Gasteiger partial charge < -0.3 is 5.73 Å². The minimum absolute atomic E-state index is 0.388. The van der Waals surface area contributed by atoms with Gasteiger partial charge in [0.15, 0.2) is 0 Å². The molecular weight excluding hydrogens is 401 g/mol. The molecule has 0 bridgehead atoms. The molecule has 0 radical (unpaired) electrons. The predicted octanol–water partition coefficient (Wildman–Crippen LogP) is 5.63. The molecule has 0 aliphatic heterocycles. The van der Waals surface area contributed by atoms with E-state index in [0.717, 1.165) is 32.1 Å². The van der Waals surface area contributed by atoms with Crippen molar-refractivity contribution in [2.45, 2.75) is 0 Å². The SMILES string of the molecule is N#Cc1c(-c2ccnc(N)c2)sc(-c2ccn[nH]2)c1-c1ccc(Cl)cc1Cl. The Morgan fingerprint density at radius 1 is 1.07 bits per heavy atom. The van der Waals surface area contributed by atoms with Gasteiger partial charge in [-0.25, -0.2) is 4.98 Å². The summed E-state index contributed by atoms with van der Waals surface area (Å²) in [7, 11) is 0. The van der Waals surface area contributed by atoms with E-state index in [0.29, 0.717) is 21.4 Å². The number of H-pyrrole nitrogens is 1. The molecule has 0 spiro atoms. The number of nitrogens with one attached hydrogen (secondary N) is 1. The smallest absolute Gasteiger partial charge is 0.123 e. The van der Waals surface area contributed by atoms with Crippen molar-refractivity contribution in [3.63, 3.8) is 0 Å². The van der Waals surface area contributed by atoms with Crippen LogP contribution in [0.15, 0.2) is 48.8 Å². The van der Waals surface area contributed by atoms with E-state index in [4.69, 9.17) is 28.9 Å². The van der Waals surface area contributed by atoms with Crippen molar-refractivity contribution >= 4 is 40.4 Å². The summed E-state index contributed by atoms with van der Waals surface area (Å²) in [6.07, 6.45) is 3.29. The second kappa shape index (κ2) is 7.05. The van der Waals surface area contributed by atoms with Crippen molar-refractivity contribution in [3.8, 4) is 38.2 Å². The fourth-order valence-electron chi connectivity index (χ4n) is 2.85. The highest BCUT2D eigenvalue weighted by Gasteiger charge is 2.24. The average molecular weight is 412 g/mol. The summed E-state index contributed by atoms with van der Waals surface area (Å²) in [6, 6.07) is 13.0. The van der Waals surface area contributed by atoms with Crippen LogP contribution < -0.4 is 5.73 Å². The summed E-state index contributed by atoms with van der Waals surface area (Å²) < 4.78 is 0. The first-order valence-electron chi connectivity index (χ1n) is 7.82. The monoisotopic (exact) mass is 411 g/mol. The molecule has 0 atom stereocenters. The Morgan fingerprint density at radius 2 is 1.93 bits per heavy atom. The van der Waals surface area contributed by atoms with Crippen molar-refractivity contribution in [3.05, 3.63) is 64.4 Å². The number of hydrogen-bond donors (Lipinski definition) is 2. The van der Waals surface area contributed by atoms with Gasteiger partial charge in [0.05, 0.1) is 21.0 Å². The molecule has 0 aliphatic rings. The largest absolute Gasteiger partial charge is 0.384 e. The Balaban J connectivity index is 2.06. The number of rotatable bonds is 3. The van der Waals surface area contributed by atoms with Gasteiger partial charge in [-0.3, -0.25) is 5.10 Å². The number of nitriles is 1. The number of nitrogens with zero attached hydrogens (tertiary/aromatic N) is 3. The second-order valence-corrected chi connectivity index (χ2v) is 7.55. The summed E-state index contributed by atoms with van der Waals surface area (Å²) >= 11 is 14.0. The van der Waals surface area contributed by atoms with Crippen LogP contribution in [0.25, 0.3) is 32.1 Å². The third kappa shape index (κ3) is 3.17. The molecule has 5 nitrogen and oxygen atoms in total. The van der Waals surface area contributed by atoms with Gasteiger partial charge in [-0.05, 0) is 35.9 Å². The Bertz CT molecular complexity index is 1180. The normalized spacial score (nSPS) is 10.7. The van der Waals surface area contributed by atoms with E-state index in [1.165, 1.54) is 11.3 Å². The van der Waals surface area contributed by atoms with Crippen LogP contribution in [0.1, 0.15) is 5.56 Å². The average Bonchev–Trinajstić information content (AvgIpc) is 3.29. The molecule has 3 aromatic heterocycles. The van der Waals surface area contributed by atoms with Crippen molar-refractivity contribution in [2.24, 2.45) is 0 Å². The van der Waals surface area contributed by atoms with Crippen molar-refractivity contribution in [1.29, 1.82) is 5.26 Å². The predicted molar refractivity (Wildman–Crippen MR) is 110 cm³/mol. The maximum Gasteiger partial charge on any atom is 0.123 e. The molecule has 4 aromatic rings. The van der Waals surface area contributed by atoms with Crippen LogP contribution in [0, 0.1) is 11.3 Å². The molecule has 3 N–H and O–H groups in total. The Kier molecular flexibility index (Phi) is 4.58. The van der Waals surface area contributed by atoms with E-state index < -0.39 is 0 Å². The molecule has 0 saturated carbocycles. The molecule has 8 heteroatoms. The molecule has 1 aromatic carbocycles. The van der Waals surface area contributed by atoms with Crippen LogP contribution in [-0.2, 0) is 0 Å². The second-order valence-electron chi connectivity index (χ2n) is 5.69. The molecule has 0 aliphatic carbocycles. The van der Waals surface area contributed by atoms with Crippen LogP contribution >= 0.6 is 34.5 Å². The van der Waals surface area contributed by atoms with Crippen molar-refractivity contribution in [2.75, 3.05) is 5.73 Å². The van der Waals surface area contributed by atoms with E-state index in [2.05, 4.69) is 21.3 Å². The minimum atomic E-state index is 0.388. The number of pyridine rings is 1. The zero-order chi connectivity index (χ0) is 19.0. The maximum absolute atomic E-state index is 9.96. The molecule has 4 rings (SSSR count). The zero-order valence-corrected chi connectivity index (χ0v) is 16.0. The van der Waals surface area contributed by atoms with Crippen LogP contribution in [0.2, 0.25) is 10.0 Å². The van der Waals surface area contributed by atoms with Gasteiger partial charge in [-0.1, -0.05) is 29.3 Å². The molecule has 0 unspecified atom stereocenters. The highest BCUT2D eigenvalue weighted by molar-refractivity contribution is 7.19. The Hall–Kier alpha value is -2.85. The third-order valence-corrected chi connectivity index (χ3v) is 5.83. The molecular formula is C19H11Cl2N5S. The topological polar surface area (TPSA) is 91.4 Å². The summed E-state index contributed by atoms with van der Waals surface area (Å²) in [5.74, 6) is 0.388. The molecule has 3 heterocycles. The number of benzene rings is 1. The van der Waals surface area contributed by atoms with Gasteiger partial charge in [-0.15, -0.1) is 11.3 Å². The number of hydrogen-bond acceptors (Lipinski definition) is 5. The number of nitrogens with two attached hydrogens (primary N) is 1. The summed E-state index contributed by atoms with van der Waals surface area (Å²) in [6.45, 7) is 0. The Labute approximate surface area is 169 Å². The van der Waals surface area contributed by atoms with Gasteiger partial charge in [0.2, 0.25) is 0 Å². The lowest BCUT2D eigenvalue weighted by molar-refractivity contribution is 1.10. The molecule has 0 amide bonds. The van der Waals surface area contributed by atoms with E-state index >= 15 is 0 Å². The van der Waals surface area contributed by atoms with Gasteiger partial charge in [0.1, 0.15) is 11.9 Å². The first-order chi connectivity index (χ1) is 13.1.